The standard InChI is InChI=1S/C21H25N3O2/c22-18-8-4-6-16(14-18)10-11-20(25)23-19-9-5-7-17(15-19)21(26)24-12-2-1-3-13-24/h4-9,14-15H,1-3,10-13,22H2,(H,23,25). The van der Waals surface area contributed by atoms with Crippen molar-refractivity contribution in [3.8, 4) is 0 Å². The fourth-order valence-corrected chi connectivity index (χ4v) is 3.24. The number of hydrogen-bond acceptors (Lipinski definition) is 3. The summed E-state index contributed by atoms with van der Waals surface area (Å²) in [6.07, 6.45) is 4.31. The number of nitrogens with one attached hydrogen (secondary N) is 1. The third-order valence-corrected chi connectivity index (χ3v) is 4.63. The summed E-state index contributed by atoms with van der Waals surface area (Å²) in [5.41, 5.74) is 8.78. The number of aryl methyl sites for hydroxylation is 1. The summed E-state index contributed by atoms with van der Waals surface area (Å²) in [5.74, 6) is -0.0319. The van der Waals surface area contributed by atoms with Crippen LogP contribution in [0.5, 0.6) is 0 Å². The van der Waals surface area contributed by atoms with Gasteiger partial charge >= 0.3 is 0 Å². The van der Waals surface area contributed by atoms with Crippen molar-refractivity contribution >= 4 is 23.2 Å². The lowest BCUT2D eigenvalue weighted by molar-refractivity contribution is -0.116. The fraction of sp³-hybridized carbons (Fsp3) is 0.333. The topological polar surface area (TPSA) is 75.4 Å². The van der Waals surface area contributed by atoms with Gasteiger partial charge in [-0.1, -0.05) is 18.2 Å². The Kier molecular flexibility index (Phi) is 5.89. The van der Waals surface area contributed by atoms with Crippen molar-refractivity contribution in [2.45, 2.75) is 32.1 Å². The summed E-state index contributed by atoms with van der Waals surface area (Å²) in [7, 11) is 0. The van der Waals surface area contributed by atoms with Crippen molar-refractivity contribution in [3.05, 3.63) is 59.7 Å². The molecule has 0 aliphatic carbocycles. The number of benzene rings is 2. The number of carbonyl (C=O) groups is 2. The normalized spacial score (nSPS) is 14.1. The summed E-state index contributed by atoms with van der Waals surface area (Å²) in [6.45, 7) is 1.63. The predicted molar refractivity (Wildman–Crippen MR) is 104 cm³/mol. The molecule has 0 atom stereocenters. The monoisotopic (exact) mass is 351 g/mol. The number of amides is 2. The Hall–Kier alpha value is -2.82. The summed E-state index contributed by atoms with van der Waals surface area (Å²) in [6, 6.07) is 14.7. The van der Waals surface area contributed by atoms with E-state index in [1.54, 1.807) is 12.1 Å². The van der Waals surface area contributed by atoms with Gasteiger partial charge in [0.1, 0.15) is 0 Å². The van der Waals surface area contributed by atoms with Gasteiger partial charge in [-0.25, -0.2) is 0 Å². The van der Waals surface area contributed by atoms with E-state index in [1.807, 2.05) is 41.3 Å². The number of anilines is 2. The maximum absolute atomic E-state index is 12.6. The lowest BCUT2D eigenvalue weighted by Gasteiger charge is -2.26. The number of nitrogen functional groups attached to an aromatic ring is 1. The van der Waals surface area contributed by atoms with E-state index in [9.17, 15) is 9.59 Å². The zero-order chi connectivity index (χ0) is 18.4. The highest BCUT2D eigenvalue weighted by Crippen LogP contribution is 2.17. The Bertz CT molecular complexity index is 782. The van der Waals surface area contributed by atoms with Gasteiger partial charge in [-0.2, -0.15) is 0 Å². The van der Waals surface area contributed by atoms with Crippen LogP contribution in [0.2, 0.25) is 0 Å². The number of nitrogens with zero attached hydrogens (tertiary/aromatic N) is 1. The molecule has 136 valence electrons. The fourth-order valence-electron chi connectivity index (χ4n) is 3.24. The van der Waals surface area contributed by atoms with E-state index < -0.39 is 0 Å². The van der Waals surface area contributed by atoms with Crippen LogP contribution in [0.4, 0.5) is 11.4 Å². The molecule has 0 spiro atoms. The molecule has 1 fully saturated rings. The Morgan fingerprint density at radius 2 is 1.77 bits per heavy atom. The van der Waals surface area contributed by atoms with Crippen molar-refractivity contribution < 1.29 is 9.59 Å². The number of likely N-dealkylation sites (tertiary alicyclic amines) is 1. The molecular weight excluding hydrogens is 326 g/mol. The highest BCUT2D eigenvalue weighted by atomic mass is 16.2. The zero-order valence-electron chi connectivity index (χ0n) is 14.9. The van der Waals surface area contributed by atoms with Gasteiger partial charge in [0.2, 0.25) is 5.91 Å². The number of piperidine rings is 1. The molecule has 0 unspecified atom stereocenters. The number of rotatable bonds is 5. The number of carbonyl (C=O) groups excluding carboxylic acids is 2. The second-order valence-electron chi connectivity index (χ2n) is 6.73. The van der Waals surface area contributed by atoms with Crippen LogP contribution >= 0.6 is 0 Å². The van der Waals surface area contributed by atoms with Crippen LogP contribution in [0.3, 0.4) is 0 Å². The van der Waals surface area contributed by atoms with E-state index in [0.29, 0.717) is 29.8 Å². The van der Waals surface area contributed by atoms with Crippen molar-refractivity contribution in [3.63, 3.8) is 0 Å². The van der Waals surface area contributed by atoms with Gasteiger partial charge in [0.15, 0.2) is 0 Å². The van der Waals surface area contributed by atoms with Crippen LogP contribution in [0.1, 0.15) is 41.6 Å². The number of hydrogen-bond donors (Lipinski definition) is 2. The van der Waals surface area contributed by atoms with Crippen LogP contribution in [0, 0.1) is 0 Å². The first kappa shape index (κ1) is 18.0. The average molecular weight is 351 g/mol. The molecule has 5 heteroatoms. The van der Waals surface area contributed by atoms with Gasteiger partial charge in [0.25, 0.3) is 5.91 Å². The first-order chi connectivity index (χ1) is 12.6. The van der Waals surface area contributed by atoms with E-state index in [-0.39, 0.29) is 11.8 Å². The van der Waals surface area contributed by atoms with Crippen molar-refractivity contribution in [1.82, 2.24) is 4.90 Å². The van der Waals surface area contributed by atoms with Crippen molar-refractivity contribution in [2.24, 2.45) is 0 Å². The SMILES string of the molecule is Nc1cccc(CCC(=O)Nc2cccc(C(=O)N3CCCCC3)c2)c1. The lowest BCUT2D eigenvalue weighted by atomic mass is 10.1. The highest BCUT2D eigenvalue weighted by Gasteiger charge is 2.18. The van der Waals surface area contributed by atoms with Crippen molar-refractivity contribution in [2.75, 3.05) is 24.1 Å². The minimum atomic E-state index is -0.0741. The van der Waals surface area contributed by atoms with Crippen LogP contribution in [-0.4, -0.2) is 29.8 Å². The minimum Gasteiger partial charge on any atom is -0.399 e. The van der Waals surface area contributed by atoms with Gasteiger partial charge in [0, 0.05) is 36.4 Å². The molecule has 0 saturated carbocycles. The Labute approximate surface area is 154 Å². The summed E-state index contributed by atoms with van der Waals surface area (Å²) >= 11 is 0. The molecule has 3 rings (SSSR count). The summed E-state index contributed by atoms with van der Waals surface area (Å²) < 4.78 is 0. The molecule has 2 amide bonds. The largest absolute Gasteiger partial charge is 0.399 e. The van der Waals surface area contributed by atoms with Crippen molar-refractivity contribution in [1.29, 1.82) is 0 Å². The van der Waals surface area contributed by atoms with Crippen LogP contribution < -0.4 is 11.1 Å². The van der Waals surface area contributed by atoms with Crippen LogP contribution in [0.25, 0.3) is 0 Å². The minimum absolute atomic E-state index is 0.0422. The van der Waals surface area contributed by atoms with Gasteiger partial charge in [-0.3, -0.25) is 9.59 Å². The van der Waals surface area contributed by atoms with E-state index >= 15 is 0 Å². The molecule has 2 aromatic carbocycles. The van der Waals surface area contributed by atoms with Gasteiger partial charge < -0.3 is 16.0 Å². The summed E-state index contributed by atoms with van der Waals surface area (Å²) in [4.78, 5) is 26.7. The van der Waals surface area contributed by atoms with E-state index in [1.165, 1.54) is 6.42 Å². The maximum atomic E-state index is 12.6. The molecule has 0 aromatic heterocycles. The first-order valence-electron chi connectivity index (χ1n) is 9.15. The molecule has 1 aliphatic rings. The van der Waals surface area contributed by atoms with Crippen LogP contribution in [0.15, 0.2) is 48.5 Å². The van der Waals surface area contributed by atoms with Crippen LogP contribution in [-0.2, 0) is 11.2 Å². The molecule has 5 nitrogen and oxygen atoms in total. The molecule has 1 heterocycles. The van der Waals surface area contributed by atoms with Gasteiger partial charge in [0.05, 0.1) is 0 Å². The second kappa shape index (κ2) is 8.52. The zero-order valence-corrected chi connectivity index (χ0v) is 14.9. The molecule has 26 heavy (non-hydrogen) atoms. The highest BCUT2D eigenvalue weighted by molar-refractivity contribution is 5.97. The molecule has 0 bridgehead atoms. The van der Waals surface area contributed by atoms with Gasteiger partial charge in [-0.15, -0.1) is 0 Å². The lowest BCUT2D eigenvalue weighted by Crippen LogP contribution is -2.35. The predicted octanol–water partition coefficient (Wildman–Crippen LogP) is 3.47. The molecule has 3 N–H and O–H groups in total. The molecule has 1 aliphatic heterocycles. The Morgan fingerprint density at radius 3 is 2.54 bits per heavy atom. The second-order valence-corrected chi connectivity index (χ2v) is 6.73. The molecular formula is C21H25N3O2. The average Bonchev–Trinajstić information content (AvgIpc) is 2.67. The first-order valence-corrected chi connectivity index (χ1v) is 9.15. The molecule has 0 radical (unpaired) electrons. The third-order valence-electron chi connectivity index (χ3n) is 4.63. The maximum Gasteiger partial charge on any atom is 0.253 e. The number of nitrogens with two attached hydrogens (primary N) is 1. The third kappa shape index (κ3) is 4.85. The van der Waals surface area contributed by atoms with E-state index in [2.05, 4.69) is 5.32 Å². The summed E-state index contributed by atoms with van der Waals surface area (Å²) in [5, 5.41) is 2.88. The van der Waals surface area contributed by atoms with E-state index in [0.717, 1.165) is 31.5 Å². The molecule has 2 aromatic rings. The smallest absolute Gasteiger partial charge is 0.253 e. The van der Waals surface area contributed by atoms with E-state index in [4.69, 9.17) is 5.73 Å². The molecule has 1 saturated heterocycles. The quantitative estimate of drug-likeness (QED) is 0.810. The Balaban J connectivity index is 1.57. The Morgan fingerprint density at radius 1 is 1.00 bits per heavy atom. The van der Waals surface area contributed by atoms with Gasteiger partial charge in [-0.05, 0) is 61.6 Å².